The number of methoxy groups -OCH3 is 1. The lowest BCUT2D eigenvalue weighted by atomic mass is 9.73. The number of hydrogen-bond acceptors (Lipinski definition) is 5. The smallest absolute Gasteiger partial charge is 0.246 e. The van der Waals surface area contributed by atoms with Crippen LogP contribution in [-0.2, 0) is 23.9 Å². The number of anilines is 1. The average Bonchev–Trinajstić information content (AvgIpc) is 3.50. The van der Waals surface area contributed by atoms with Crippen molar-refractivity contribution in [1.29, 1.82) is 0 Å². The molecule has 3 fully saturated rings. The van der Waals surface area contributed by atoms with Crippen LogP contribution in [-0.4, -0.2) is 66.7 Å². The Morgan fingerprint density at radius 3 is 2.81 bits per heavy atom. The summed E-state index contributed by atoms with van der Waals surface area (Å²) in [7, 11) is 1.61. The summed E-state index contributed by atoms with van der Waals surface area (Å²) in [5.74, 6) is -1.40. The van der Waals surface area contributed by atoms with Crippen LogP contribution in [0.1, 0.15) is 39.5 Å². The van der Waals surface area contributed by atoms with E-state index in [9.17, 15) is 14.4 Å². The first-order valence-electron chi connectivity index (χ1n) is 13.3. The molecule has 0 radical (unpaired) electrons. The number of nitrogens with zero attached hydrogens (tertiary/aromatic N) is 1. The van der Waals surface area contributed by atoms with Crippen molar-refractivity contribution in [3.63, 3.8) is 0 Å². The van der Waals surface area contributed by atoms with Gasteiger partial charge in [0, 0.05) is 37.0 Å². The number of carbonyl (C=O) groups is 3. The second-order valence-electron chi connectivity index (χ2n) is 11.0. The molecule has 37 heavy (non-hydrogen) atoms. The lowest BCUT2D eigenvalue weighted by Gasteiger charge is -2.38. The number of amides is 3. The van der Waals surface area contributed by atoms with Crippen LogP contribution < -0.4 is 10.6 Å². The van der Waals surface area contributed by atoms with Gasteiger partial charge in [0.2, 0.25) is 17.7 Å². The number of hydrogen-bond donors (Lipinski definition) is 2. The van der Waals surface area contributed by atoms with E-state index >= 15 is 0 Å². The van der Waals surface area contributed by atoms with Gasteiger partial charge in [0.15, 0.2) is 0 Å². The highest BCUT2D eigenvalue weighted by Crippen LogP contribution is 2.55. The Hall–Kier alpha value is -2.42. The molecular formula is C28H36ClN3O5. The summed E-state index contributed by atoms with van der Waals surface area (Å²) in [5, 5.41) is 6.67. The maximum Gasteiger partial charge on any atom is 0.246 e. The molecule has 2 saturated heterocycles. The molecule has 8 atom stereocenters. The van der Waals surface area contributed by atoms with Crippen molar-refractivity contribution in [2.24, 2.45) is 23.7 Å². The minimum atomic E-state index is -1.17. The molecule has 1 aromatic carbocycles. The Morgan fingerprint density at radius 1 is 1.24 bits per heavy atom. The predicted octanol–water partition coefficient (Wildman–Crippen LogP) is 3.41. The quantitative estimate of drug-likeness (QED) is 0.397. The lowest BCUT2D eigenvalue weighted by molar-refractivity contribution is -0.141. The van der Waals surface area contributed by atoms with E-state index in [1.54, 1.807) is 36.3 Å². The van der Waals surface area contributed by atoms with Crippen molar-refractivity contribution in [2.45, 2.75) is 63.3 Å². The number of ether oxygens (including phenoxy) is 2. The van der Waals surface area contributed by atoms with E-state index in [4.69, 9.17) is 21.1 Å². The summed E-state index contributed by atoms with van der Waals surface area (Å²) in [6, 6.07) is 6.10. The molecule has 1 aromatic rings. The molecule has 3 amide bonds. The standard InChI is InChI=1S/C28H36ClN3O5/c1-16-7-4-10-20(17(16)2)31-26(34)24-28-12-11-21(37-28)22(23(28)27(35)32(24)13-6-14-36-3)25(33)30-19-9-5-8-18(29)15-19/h5,8-9,11-12,15-17,20-24H,4,6-7,10,13-14H2,1-3H3,(H,30,33)(H,31,34)/t16-,17+,20-,21-,22-,23-,24+,28+/m1/s1. The van der Waals surface area contributed by atoms with Crippen molar-refractivity contribution >= 4 is 35.0 Å². The van der Waals surface area contributed by atoms with E-state index in [0.717, 1.165) is 19.3 Å². The number of fused-ring (bicyclic) bond motifs is 1. The molecule has 2 N–H and O–H groups in total. The van der Waals surface area contributed by atoms with Crippen molar-refractivity contribution in [1.82, 2.24) is 10.2 Å². The summed E-state index contributed by atoms with van der Waals surface area (Å²) in [4.78, 5) is 42.9. The lowest BCUT2D eigenvalue weighted by Crippen LogP contribution is -2.58. The Kier molecular flexibility index (Phi) is 7.35. The van der Waals surface area contributed by atoms with Crippen LogP contribution in [0.4, 0.5) is 5.69 Å². The second kappa shape index (κ2) is 10.4. The predicted molar refractivity (Wildman–Crippen MR) is 140 cm³/mol. The largest absolute Gasteiger partial charge is 0.385 e. The maximum atomic E-state index is 13.9. The van der Waals surface area contributed by atoms with Gasteiger partial charge in [-0.15, -0.1) is 0 Å². The summed E-state index contributed by atoms with van der Waals surface area (Å²) in [5.41, 5.74) is -0.617. The molecule has 1 aliphatic carbocycles. The van der Waals surface area contributed by atoms with Gasteiger partial charge in [-0.2, -0.15) is 0 Å². The first-order chi connectivity index (χ1) is 17.8. The summed E-state index contributed by atoms with van der Waals surface area (Å²) in [6.07, 6.45) is 6.82. The summed E-state index contributed by atoms with van der Waals surface area (Å²) in [6.45, 7) is 5.22. The van der Waals surface area contributed by atoms with Crippen LogP contribution in [0, 0.1) is 23.7 Å². The van der Waals surface area contributed by atoms with Crippen molar-refractivity contribution in [2.75, 3.05) is 25.6 Å². The van der Waals surface area contributed by atoms with Crippen LogP contribution >= 0.6 is 11.6 Å². The van der Waals surface area contributed by atoms with Crippen LogP contribution in [0.5, 0.6) is 0 Å². The van der Waals surface area contributed by atoms with Gasteiger partial charge < -0.3 is 25.0 Å². The molecule has 5 rings (SSSR count). The fourth-order valence-corrected chi connectivity index (χ4v) is 6.92. The van der Waals surface area contributed by atoms with Crippen LogP contribution in [0.15, 0.2) is 36.4 Å². The van der Waals surface area contributed by atoms with E-state index < -0.39 is 29.6 Å². The molecule has 3 aliphatic heterocycles. The Labute approximate surface area is 223 Å². The zero-order valence-corrected chi connectivity index (χ0v) is 22.4. The van der Waals surface area contributed by atoms with E-state index in [2.05, 4.69) is 24.5 Å². The van der Waals surface area contributed by atoms with Gasteiger partial charge in [-0.25, -0.2) is 0 Å². The first-order valence-corrected chi connectivity index (χ1v) is 13.7. The fourth-order valence-electron chi connectivity index (χ4n) is 6.73. The SMILES string of the molecule is COCCCN1C(=O)[C@H]2[C@H](C(=O)Nc3cccc(Cl)c3)[C@H]3C=C[C@@]2(O3)[C@@H]1C(=O)N[C@@H]1CCC[C@@H](C)[C@@H]1C. The highest BCUT2D eigenvalue weighted by Gasteiger charge is 2.72. The summed E-state index contributed by atoms with van der Waals surface area (Å²) >= 11 is 6.09. The molecule has 200 valence electrons. The number of rotatable bonds is 8. The Morgan fingerprint density at radius 2 is 2.05 bits per heavy atom. The van der Waals surface area contributed by atoms with Gasteiger partial charge in [0.05, 0.1) is 17.9 Å². The molecule has 2 bridgehead atoms. The first kappa shape index (κ1) is 26.2. The molecular weight excluding hydrogens is 494 g/mol. The molecule has 0 aromatic heterocycles. The highest BCUT2D eigenvalue weighted by molar-refractivity contribution is 6.30. The molecule has 4 aliphatic rings. The number of halogens is 1. The van der Waals surface area contributed by atoms with Crippen molar-refractivity contribution in [3.8, 4) is 0 Å². The number of nitrogens with one attached hydrogen (secondary N) is 2. The van der Waals surface area contributed by atoms with E-state index in [-0.39, 0.29) is 23.8 Å². The third-order valence-electron chi connectivity index (χ3n) is 8.80. The van der Waals surface area contributed by atoms with Crippen molar-refractivity contribution in [3.05, 3.63) is 41.4 Å². The Bertz CT molecular complexity index is 1100. The van der Waals surface area contributed by atoms with E-state index in [1.807, 2.05) is 12.2 Å². The minimum absolute atomic E-state index is 0.0483. The number of benzene rings is 1. The monoisotopic (exact) mass is 529 g/mol. The van der Waals surface area contributed by atoms with Gasteiger partial charge in [-0.3, -0.25) is 14.4 Å². The molecule has 3 heterocycles. The molecule has 1 saturated carbocycles. The molecule has 0 unspecified atom stereocenters. The zero-order valence-electron chi connectivity index (χ0n) is 21.6. The van der Waals surface area contributed by atoms with Gasteiger partial charge in [0.1, 0.15) is 11.6 Å². The van der Waals surface area contributed by atoms with Crippen molar-refractivity contribution < 1.29 is 23.9 Å². The van der Waals surface area contributed by atoms with Gasteiger partial charge in [0.25, 0.3) is 0 Å². The second-order valence-corrected chi connectivity index (χ2v) is 11.4. The summed E-state index contributed by atoms with van der Waals surface area (Å²) < 4.78 is 11.6. The van der Waals surface area contributed by atoms with Crippen LogP contribution in [0.3, 0.4) is 0 Å². The highest BCUT2D eigenvalue weighted by atomic mass is 35.5. The average molecular weight is 530 g/mol. The molecule has 9 heteroatoms. The fraction of sp³-hybridized carbons (Fsp3) is 0.607. The number of likely N-dealkylation sites (tertiary alicyclic amines) is 1. The Balaban J connectivity index is 1.42. The van der Waals surface area contributed by atoms with Crippen LogP contribution in [0.2, 0.25) is 5.02 Å². The third kappa shape index (κ3) is 4.57. The van der Waals surface area contributed by atoms with Gasteiger partial charge in [-0.05, 0) is 42.9 Å². The maximum absolute atomic E-state index is 13.9. The molecule has 8 nitrogen and oxygen atoms in total. The normalized spacial score (nSPS) is 36.1. The van der Waals surface area contributed by atoms with E-state index in [1.165, 1.54) is 0 Å². The third-order valence-corrected chi connectivity index (χ3v) is 9.03. The topological polar surface area (TPSA) is 97.0 Å². The number of carbonyl (C=O) groups excluding carboxylic acids is 3. The van der Waals surface area contributed by atoms with Gasteiger partial charge in [-0.1, -0.05) is 56.5 Å². The minimum Gasteiger partial charge on any atom is -0.385 e. The molecule has 1 spiro atoms. The van der Waals surface area contributed by atoms with E-state index in [0.29, 0.717) is 42.1 Å². The zero-order chi connectivity index (χ0) is 26.3. The van der Waals surface area contributed by atoms with Gasteiger partial charge >= 0.3 is 0 Å². The van der Waals surface area contributed by atoms with Crippen LogP contribution in [0.25, 0.3) is 0 Å².